The van der Waals surface area contributed by atoms with Gasteiger partial charge in [0.25, 0.3) is 0 Å². The van der Waals surface area contributed by atoms with Crippen LogP contribution < -0.4 is 4.74 Å². The Morgan fingerprint density at radius 1 is 0.969 bits per heavy atom. The maximum absolute atomic E-state index is 12.8. The van der Waals surface area contributed by atoms with Gasteiger partial charge in [0, 0.05) is 34.3 Å². The van der Waals surface area contributed by atoms with E-state index < -0.39 is 0 Å². The second-order valence-corrected chi connectivity index (χ2v) is 9.03. The quantitative estimate of drug-likeness (QED) is 0.245. The number of H-pyrrole nitrogens is 1. The number of nitrogens with one attached hydrogen (secondary N) is 1. The number of carbonyl (C=O) groups is 1. The van der Waals surface area contributed by atoms with Crippen LogP contribution in [0.1, 0.15) is 35.6 Å². The first-order valence-electron chi connectivity index (χ1n) is 10.9. The first-order valence-corrected chi connectivity index (χ1v) is 11.7. The van der Waals surface area contributed by atoms with Crippen molar-refractivity contribution in [3.05, 3.63) is 100 Å². The van der Waals surface area contributed by atoms with Crippen LogP contribution in [0.2, 0.25) is 0 Å². The first kappa shape index (κ1) is 21.0. The van der Waals surface area contributed by atoms with Crippen LogP contribution in [0, 0.1) is 5.92 Å². The van der Waals surface area contributed by atoms with Gasteiger partial charge >= 0.3 is 5.97 Å². The van der Waals surface area contributed by atoms with Crippen LogP contribution in [0.25, 0.3) is 10.9 Å². The van der Waals surface area contributed by atoms with Crippen LogP contribution in [0.4, 0.5) is 0 Å². The van der Waals surface area contributed by atoms with Crippen molar-refractivity contribution in [1.29, 1.82) is 0 Å². The molecule has 1 N–H and O–H groups in total. The third-order valence-electron chi connectivity index (χ3n) is 6.10. The number of hydrogen-bond donors (Lipinski definition) is 1. The van der Waals surface area contributed by atoms with Gasteiger partial charge in [0.1, 0.15) is 0 Å². The van der Waals surface area contributed by atoms with E-state index in [4.69, 9.17) is 9.47 Å². The van der Waals surface area contributed by atoms with Gasteiger partial charge in [-0.3, -0.25) is 4.79 Å². The Labute approximate surface area is 195 Å². The fourth-order valence-corrected chi connectivity index (χ4v) is 5.12. The Kier molecular flexibility index (Phi) is 6.10. The molecular weight excluding hydrogens is 466 g/mol. The maximum atomic E-state index is 12.8. The van der Waals surface area contributed by atoms with Crippen molar-refractivity contribution in [2.75, 3.05) is 6.61 Å². The number of para-hydroxylation sites is 1. The number of hydrogen-bond acceptors (Lipinski definition) is 3. The molecule has 2 heterocycles. The molecule has 1 aliphatic heterocycles. The van der Waals surface area contributed by atoms with E-state index in [9.17, 15) is 4.79 Å². The molecule has 0 bridgehead atoms. The lowest BCUT2D eigenvalue weighted by Gasteiger charge is -2.25. The predicted molar refractivity (Wildman–Crippen MR) is 129 cm³/mol. The molecule has 0 amide bonds. The molecule has 0 spiro atoms. The second-order valence-electron chi connectivity index (χ2n) is 8.18. The van der Waals surface area contributed by atoms with Gasteiger partial charge in [-0.25, -0.2) is 0 Å². The highest BCUT2D eigenvalue weighted by Crippen LogP contribution is 2.47. The minimum Gasteiger partial charge on any atom is -0.424 e. The number of aromatic amines is 1. The third kappa shape index (κ3) is 4.23. The highest BCUT2D eigenvalue weighted by Gasteiger charge is 2.36. The molecule has 162 valence electrons. The molecule has 2 atom stereocenters. The van der Waals surface area contributed by atoms with Gasteiger partial charge in [0.05, 0.1) is 12.3 Å². The average molecular weight is 490 g/mol. The van der Waals surface area contributed by atoms with Crippen molar-refractivity contribution < 1.29 is 14.3 Å². The minimum absolute atomic E-state index is 0.0141. The summed E-state index contributed by atoms with van der Waals surface area (Å²) < 4.78 is 12.9. The largest absolute Gasteiger partial charge is 0.424 e. The zero-order valence-corrected chi connectivity index (χ0v) is 19.2. The smallest absolute Gasteiger partial charge is 0.311 e. The maximum Gasteiger partial charge on any atom is 0.311 e. The third-order valence-corrected chi connectivity index (χ3v) is 6.82. The summed E-state index contributed by atoms with van der Waals surface area (Å²) in [6, 6.07) is 26.3. The van der Waals surface area contributed by atoms with Crippen LogP contribution in [0.15, 0.2) is 83.3 Å². The monoisotopic (exact) mass is 489 g/mol. The zero-order valence-electron chi connectivity index (χ0n) is 17.6. The summed E-state index contributed by atoms with van der Waals surface area (Å²) in [4.78, 5) is 16.4. The van der Waals surface area contributed by atoms with Crippen molar-refractivity contribution in [3.63, 3.8) is 0 Å². The van der Waals surface area contributed by atoms with Crippen LogP contribution in [0.3, 0.4) is 0 Å². The molecular formula is C27H24BrNO3. The molecule has 4 aromatic rings. The number of halogens is 1. The lowest BCUT2D eigenvalue weighted by molar-refractivity contribution is -0.135. The van der Waals surface area contributed by atoms with E-state index in [1.54, 1.807) is 0 Å². The molecule has 5 heteroatoms. The molecule has 0 radical (unpaired) electrons. The lowest BCUT2D eigenvalue weighted by atomic mass is 9.80. The summed E-state index contributed by atoms with van der Waals surface area (Å²) in [5, 5.41) is 0.939. The number of benzene rings is 3. The molecule has 4 nitrogen and oxygen atoms in total. The number of esters is 1. The van der Waals surface area contributed by atoms with Gasteiger partial charge in [-0.05, 0) is 41.7 Å². The Balaban J connectivity index is 1.48. The van der Waals surface area contributed by atoms with E-state index in [0.717, 1.165) is 38.6 Å². The Morgan fingerprint density at radius 2 is 1.72 bits per heavy atom. The molecule has 1 aromatic heterocycles. The van der Waals surface area contributed by atoms with Crippen molar-refractivity contribution in [2.24, 2.45) is 5.92 Å². The Morgan fingerprint density at radius 3 is 2.56 bits per heavy atom. The highest BCUT2D eigenvalue weighted by molar-refractivity contribution is 9.10. The number of ether oxygens (including phenoxy) is 2. The van der Waals surface area contributed by atoms with Crippen molar-refractivity contribution in [2.45, 2.75) is 25.4 Å². The van der Waals surface area contributed by atoms with Crippen molar-refractivity contribution in [3.8, 4) is 5.75 Å². The first-order chi connectivity index (χ1) is 15.7. The number of carbonyl (C=O) groups excluding carboxylic acids is 1. The molecule has 5 rings (SSSR count). The van der Waals surface area contributed by atoms with Crippen LogP contribution in [-0.4, -0.2) is 17.6 Å². The summed E-state index contributed by atoms with van der Waals surface area (Å²) in [5.74, 6) is 0.490. The summed E-state index contributed by atoms with van der Waals surface area (Å²) >= 11 is 3.74. The Bertz CT molecular complexity index is 1230. The van der Waals surface area contributed by atoms with E-state index in [1.165, 1.54) is 0 Å². The molecule has 0 saturated carbocycles. The van der Waals surface area contributed by atoms with E-state index in [1.807, 2.05) is 60.7 Å². The van der Waals surface area contributed by atoms with Gasteiger partial charge in [-0.15, -0.1) is 0 Å². The van der Waals surface area contributed by atoms with Gasteiger partial charge in [0.15, 0.2) is 5.75 Å². The minimum atomic E-state index is -0.196. The normalized spacial score (nSPS) is 18.2. The summed E-state index contributed by atoms with van der Waals surface area (Å²) in [6.45, 7) is 1.14. The lowest BCUT2D eigenvalue weighted by Crippen LogP contribution is -2.19. The van der Waals surface area contributed by atoms with E-state index >= 15 is 0 Å². The molecule has 0 unspecified atom stereocenters. The van der Waals surface area contributed by atoms with Crippen LogP contribution in [0.5, 0.6) is 5.75 Å². The molecule has 1 aliphatic rings. The standard InChI is InChI=1S/C27H24BrNO3/c28-22-12-6-4-10-20(22)25-19(14-15-31-17-18-8-2-1-3-9-18)16-24(30)32-27-21-11-5-7-13-23(21)29-26(25)27/h1-13,19,25,29H,14-17H2/t19-,25+/m0/s1. The van der Waals surface area contributed by atoms with Crippen molar-refractivity contribution in [1.82, 2.24) is 4.98 Å². The number of rotatable bonds is 6. The van der Waals surface area contributed by atoms with E-state index in [2.05, 4.69) is 39.1 Å². The zero-order chi connectivity index (χ0) is 21.9. The molecule has 32 heavy (non-hydrogen) atoms. The summed E-state index contributed by atoms with van der Waals surface area (Å²) in [6.07, 6.45) is 1.10. The molecule has 0 fully saturated rings. The van der Waals surface area contributed by atoms with Crippen molar-refractivity contribution >= 4 is 32.8 Å². The number of fused-ring (bicyclic) bond motifs is 3. The molecule has 0 saturated heterocycles. The molecule has 0 aliphatic carbocycles. The van der Waals surface area contributed by atoms with Gasteiger partial charge in [0.2, 0.25) is 0 Å². The predicted octanol–water partition coefficient (Wildman–Crippen LogP) is 6.59. The average Bonchev–Trinajstić information content (AvgIpc) is 3.09. The van der Waals surface area contributed by atoms with Crippen LogP contribution >= 0.6 is 15.9 Å². The van der Waals surface area contributed by atoms with E-state index in [0.29, 0.717) is 25.4 Å². The van der Waals surface area contributed by atoms with Gasteiger partial charge < -0.3 is 14.5 Å². The SMILES string of the molecule is O=C1C[C@H](CCOCc2ccccc2)[C@H](c2ccccc2Br)c2[nH]c3ccccc3c2O1. The topological polar surface area (TPSA) is 51.3 Å². The summed E-state index contributed by atoms with van der Waals surface area (Å²) in [5.41, 5.74) is 4.22. The van der Waals surface area contributed by atoms with Gasteiger partial charge in [-0.1, -0.05) is 76.6 Å². The van der Waals surface area contributed by atoms with Gasteiger partial charge in [-0.2, -0.15) is 0 Å². The summed E-state index contributed by atoms with van der Waals surface area (Å²) in [7, 11) is 0. The van der Waals surface area contributed by atoms with E-state index in [-0.39, 0.29) is 17.8 Å². The fraction of sp³-hybridized carbons (Fsp3) is 0.222. The van der Waals surface area contributed by atoms with Crippen LogP contribution in [-0.2, 0) is 16.1 Å². The second kappa shape index (κ2) is 9.31. The Hall–Kier alpha value is -2.89. The highest BCUT2D eigenvalue weighted by atomic mass is 79.9. The molecule has 3 aromatic carbocycles. The number of aromatic nitrogens is 1. The fourth-order valence-electron chi connectivity index (χ4n) is 4.59.